The van der Waals surface area contributed by atoms with Crippen LogP contribution in [0.4, 0.5) is 0 Å². The molecule has 1 aromatic heterocycles. The van der Waals surface area contributed by atoms with Crippen molar-refractivity contribution in [1.82, 2.24) is 9.47 Å². The maximum atomic E-state index is 12.9. The molecule has 2 aromatic carbocycles. The lowest BCUT2D eigenvalue weighted by Gasteiger charge is -2.29. The molecule has 4 rings (SSSR count). The van der Waals surface area contributed by atoms with E-state index in [4.69, 9.17) is 5.73 Å². The summed E-state index contributed by atoms with van der Waals surface area (Å²) in [5.41, 5.74) is 8.57. The zero-order chi connectivity index (χ0) is 19.0. The maximum absolute atomic E-state index is 12.9. The van der Waals surface area contributed by atoms with Crippen molar-refractivity contribution in [1.29, 1.82) is 0 Å². The quantitative estimate of drug-likeness (QED) is 0.569. The van der Waals surface area contributed by atoms with E-state index in [1.54, 1.807) is 22.9 Å². The van der Waals surface area contributed by atoms with Crippen LogP contribution in [-0.4, -0.2) is 33.6 Å². The van der Waals surface area contributed by atoms with E-state index >= 15 is 0 Å². The smallest absolute Gasteiger partial charge is 0.289 e. The second-order valence-electron chi connectivity index (χ2n) is 6.72. The van der Waals surface area contributed by atoms with Gasteiger partial charge in [0.1, 0.15) is 6.54 Å². The predicted octanol–water partition coefficient (Wildman–Crippen LogP) is 1.89. The zero-order valence-corrected chi connectivity index (χ0v) is 14.7. The SMILES string of the molecule is NC(=O)C(=O)c1cn(CC(=O)N2CCc3ccccc3C2)c2ccccc12. The van der Waals surface area contributed by atoms with Gasteiger partial charge in [0, 0.05) is 30.2 Å². The Morgan fingerprint density at radius 3 is 2.44 bits per heavy atom. The molecule has 0 bridgehead atoms. The standard InChI is InChI=1S/C21H19N3O3/c22-21(27)20(26)17-12-24(18-8-4-3-7-16(17)18)13-19(25)23-10-9-14-5-1-2-6-15(14)11-23/h1-8,12H,9-11,13H2,(H2,22,27). The lowest BCUT2D eigenvalue weighted by molar-refractivity contribution is -0.132. The van der Waals surface area contributed by atoms with Crippen molar-refractivity contribution in [3.8, 4) is 0 Å². The summed E-state index contributed by atoms with van der Waals surface area (Å²) in [6.07, 6.45) is 2.38. The number of nitrogens with two attached hydrogens (primary N) is 1. The Balaban J connectivity index is 1.61. The highest BCUT2D eigenvalue weighted by Gasteiger charge is 2.23. The first-order valence-electron chi connectivity index (χ1n) is 8.81. The summed E-state index contributed by atoms with van der Waals surface area (Å²) in [6, 6.07) is 15.3. The van der Waals surface area contributed by atoms with Crippen LogP contribution in [0.5, 0.6) is 0 Å². The minimum Gasteiger partial charge on any atom is -0.363 e. The monoisotopic (exact) mass is 361 g/mol. The largest absolute Gasteiger partial charge is 0.363 e. The van der Waals surface area contributed by atoms with Crippen molar-refractivity contribution in [3.05, 3.63) is 71.4 Å². The second kappa shape index (κ2) is 6.72. The first-order valence-corrected chi connectivity index (χ1v) is 8.81. The third kappa shape index (κ3) is 3.10. The van der Waals surface area contributed by atoms with Crippen LogP contribution in [0, 0.1) is 0 Å². The second-order valence-corrected chi connectivity index (χ2v) is 6.72. The number of hydrogen-bond donors (Lipinski definition) is 1. The van der Waals surface area contributed by atoms with E-state index in [0.717, 1.165) is 11.9 Å². The van der Waals surface area contributed by atoms with Crippen molar-refractivity contribution in [3.63, 3.8) is 0 Å². The fraction of sp³-hybridized carbons (Fsp3) is 0.190. The number of hydrogen-bond acceptors (Lipinski definition) is 3. The number of primary amides is 1. The number of carbonyl (C=O) groups excluding carboxylic acids is 3. The number of nitrogens with zero attached hydrogens (tertiary/aromatic N) is 2. The molecular formula is C21H19N3O3. The van der Waals surface area contributed by atoms with Gasteiger partial charge in [0.15, 0.2) is 0 Å². The van der Waals surface area contributed by atoms with Gasteiger partial charge in [0.25, 0.3) is 11.7 Å². The number of aromatic nitrogens is 1. The average molecular weight is 361 g/mol. The molecule has 0 saturated heterocycles. The minimum absolute atomic E-state index is 0.0247. The average Bonchev–Trinajstić information content (AvgIpc) is 3.05. The molecule has 3 aromatic rings. The van der Waals surface area contributed by atoms with Gasteiger partial charge in [-0.15, -0.1) is 0 Å². The zero-order valence-electron chi connectivity index (χ0n) is 14.7. The molecule has 0 fully saturated rings. The van der Waals surface area contributed by atoms with Crippen molar-refractivity contribution < 1.29 is 14.4 Å². The van der Waals surface area contributed by atoms with Gasteiger partial charge in [0.05, 0.1) is 5.56 Å². The lowest BCUT2D eigenvalue weighted by atomic mass is 10.00. The molecule has 2 heterocycles. The van der Waals surface area contributed by atoms with Crippen molar-refractivity contribution >= 4 is 28.5 Å². The summed E-state index contributed by atoms with van der Waals surface area (Å²) in [4.78, 5) is 38.1. The molecule has 0 saturated carbocycles. The number of amides is 2. The van der Waals surface area contributed by atoms with Crippen molar-refractivity contribution in [2.24, 2.45) is 5.73 Å². The maximum Gasteiger partial charge on any atom is 0.289 e. The van der Waals surface area contributed by atoms with Gasteiger partial charge in [0.2, 0.25) is 5.91 Å². The van der Waals surface area contributed by atoms with E-state index < -0.39 is 11.7 Å². The highest BCUT2D eigenvalue weighted by Crippen LogP contribution is 2.23. The van der Waals surface area contributed by atoms with Crippen LogP contribution < -0.4 is 5.73 Å². The Hall–Kier alpha value is -3.41. The van der Waals surface area contributed by atoms with Crippen LogP contribution in [0.2, 0.25) is 0 Å². The van der Waals surface area contributed by atoms with Crippen LogP contribution >= 0.6 is 0 Å². The highest BCUT2D eigenvalue weighted by molar-refractivity contribution is 6.44. The highest BCUT2D eigenvalue weighted by atomic mass is 16.2. The first kappa shape index (κ1) is 17.0. The predicted molar refractivity (Wildman–Crippen MR) is 101 cm³/mol. The van der Waals surface area contributed by atoms with Gasteiger partial charge in [-0.05, 0) is 23.6 Å². The Kier molecular flexibility index (Phi) is 4.24. The lowest BCUT2D eigenvalue weighted by Crippen LogP contribution is -2.37. The van der Waals surface area contributed by atoms with Crippen molar-refractivity contribution in [2.75, 3.05) is 6.54 Å². The summed E-state index contributed by atoms with van der Waals surface area (Å²) in [6.45, 7) is 1.36. The Morgan fingerprint density at radius 2 is 1.67 bits per heavy atom. The Morgan fingerprint density at radius 1 is 0.963 bits per heavy atom. The molecule has 2 N–H and O–H groups in total. The normalized spacial score (nSPS) is 13.4. The fourth-order valence-corrected chi connectivity index (χ4v) is 3.65. The molecule has 6 heteroatoms. The number of Topliss-reactive ketones (excluding diaryl/α,β-unsaturated/α-hetero) is 1. The molecule has 1 aliphatic heterocycles. The summed E-state index contributed by atoms with van der Waals surface area (Å²) in [7, 11) is 0. The number of fused-ring (bicyclic) bond motifs is 2. The fourth-order valence-electron chi connectivity index (χ4n) is 3.65. The topological polar surface area (TPSA) is 85.4 Å². The van der Waals surface area contributed by atoms with Crippen LogP contribution in [0.1, 0.15) is 21.5 Å². The molecule has 136 valence electrons. The van der Waals surface area contributed by atoms with Gasteiger partial charge in [-0.25, -0.2) is 0 Å². The first-order chi connectivity index (χ1) is 13.0. The Bertz CT molecular complexity index is 1070. The molecule has 0 spiro atoms. The molecule has 27 heavy (non-hydrogen) atoms. The number of carbonyl (C=O) groups is 3. The number of ketones is 1. The molecule has 6 nitrogen and oxygen atoms in total. The van der Waals surface area contributed by atoms with E-state index in [-0.39, 0.29) is 18.0 Å². The van der Waals surface area contributed by atoms with E-state index in [9.17, 15) is 14.4 Å². The minimum atomic E-state index is -1.00. The van der Waals surface area contributed by atoms with Gasteiger partial charge in [-0.2, -0.15) is 0 Å². The summed E-state index contributed by atoms with van der Waals surface area (Å²) < 4.78 is 1.72. The van der Waals surface area contributed by atoms with E-state index in [2.05, 4.69) is 6.07 Å². The van der Waals surface area contributed by atoms with Crippen molar-refractivity contribution in [2.45, 2.75) is 19.5 Å². The molecule has 0 atom stereocenters. The third-order valence-electron chi connectivity index (χ3n) is 5.05. The molecule has 0 aliphatic carbocycles. The third-order valence-corrected chi connectivity index (χ3v) is 5.05. The summed E-state index contributed by atoms with van der Waals surface area (Å²) in [5.74, 6) is -1.77. The van der Waals surface area contributed by atoms with Gasteiger partial charge in [-0.3, -0.25) is 14.4 Å². The molecular weight excluding hydrogens is 342 g/mol. The molecule has 2 amide bonds. The van der Waals surface area contributed by atoms with E-state index in [1.807, 2.05) is 35.2 Å². The van der Waals surface area contributed by atoms with Gasteiger partial charge in [-0.1, -0.05) is 42.5 Å². The van der Waals surface area contributed by atoms with Crippen LogP contribution in [0.3, 0.4) is 0 Å². The number of rotatable bonds is 4. The van der Waals surface area contributed by atoms with Gasteiger partial charge >= 0.3 is 0 Å². The summed E-state index contributed by atoms with van der Waals surface area (Å²) in [5, 5.41) is 0.623. The number of para-hydroxylation sites is 1. The van der Waals surface area contributed by atoms with Crippen LogP contribution in [0.15, 0.2) is 54.7 Å². The van der Waals surface area contributed by atoms with E-state index in [1.165, 1.54) is 11.1 Å². The van der Waals surface area contributed by atoms with Crippen LogP contribution in [-0.2, 0) is 29.1 Å². The molecule has 0 unspecified atom stereocenters. The number of benzene rings is 2. The van der Waals surface area contributed by atoms with E-state index in [0.29, 0.717) is 18.5 Å². The molecule has 0 radical (unpaired) electrons. The summed E-state index contributed by atoms with van der Waals surface area (Å²) >= 11 is 0. The Labute approximate surface area is 156 Å². The molecule has 1 aliphatic rings. The van der Waals surface area contributed by atoms with Crippen LogP contribution in [0.25, 0.3) is 10.9 Å². The van der Waals surface area contributed by atoms with Gasteiger partial charge < -0.3 is 15.2 Å².